The van der Waals surface area contributed by atoms with E-state index in [1.54, 1.807) is 0 Å². The van der Waals surface area contributed by atoms with E-state index in [2.05, 4.69) is 54.7 Å². The van der Waals surface area contributed by atoms with E-state index in [4.69, 9.17) is 0 Å². The van der Waals surface area contributed by atoms with Crippen molar-refractivity contribution >= 4 is 0 Å². The van der Waals surface area contributed by atoms with E-state index in [0.29, 0.717) is 10.8 Å². The second-order valence-electron chi connectivity index (χ2n) is 9.25. The van der Waals surface area contributed by atoms with E-state index >= 15 is 0 Å². The largest absolute Gasteiger partial charge is 0.0998 e. The van der Waals surface area contributed by atoms with Crippen LogP contribution in [0.2, 0.25) is 0 Å². The first kappa shape index (κ1) is 18.8. The Morgan fingerprint density at radius 3 is 2.26 bits per heavy atom. The average molecular weight is 317 g/mol. The maximum atomic E-state index is 4.42. The lowest BCUT2D eigenvalue weighted by molar-refractivity contribution is -0.0267. The second-order valence-corrected chi connectivity index (χ2v) is 9.25. The first-order valence-corrected chi connectivity index (χ1v) is 10.0. The van der Waals surface area contributed by atoms with Crippen LogP contribution >= 0.6 is 0 Å². The van der Waals surface area contributed by atoms with Crippen molar-refractivity contribution < 1.29 is 0 Å². The molecule has 2 aliphatic rings. The average Bonchev–Trinajstić information content (AvgIpc) is 2.83. The summed E-state index contributed by atoms with van der Waals surface area (Å²) in [4.78, 5) is 0. The standard InChI is InChI=1S/C23H40/c1-9-14-22(7,17(5)6)21-13-15-23(8)19(16(3)4)11-12-20(23)18(21)10-2/h18-21H,3,5,9-15H2,1-2,4,6-8H3. The molecule has 2 saturated carbocycles. The molecular formula is C23H40. The van der Waals surface area contributed by atoms with E-state index < -0.39 is 0 Å². The van der Waals surface area contributed by atoms with Gasteiger partial charge in [-0.3, -0.25) is 0 Å². The van der Waals surface area contributed by atoms with Gasteiger partial charge < -0.3 is 0 Å². The topological polar surface area (TPSA) is 0 Å². The van der Waals surface area contributed by atoms with Crippen molar-refractivity contribution in [3.05, 3.63) is 24.3 Å². The van der Waals surface area contributed by atoms with Gasteiger partial charge in [0.15, 0.2) is 0 Å². The van der Waals surface area contributed by atoms with Crippen molar-refractivity contribution in [2.45, 2.75) is 86.5 Å². The lowest BCUT2D eigenvalue weighted by atomic mass is 9.50. The molecule has 0 saturated heterocycles. The van der Waals surface area contributed by atoms with Gasteiger partial charge in [0.25, 0.3) is 0 Å². The molecule has 0 aliphatic heterocycles. The van der Waals surface area contributed by atoms with Crippen LogP contribution in [0.5, 0.6) is 0 Å². The molecule has 0 bridgehead atoms. The van der Waals surface area contributed by atoms with Crippen LogP contribution in [0.25, 0.3) is 0 Å². The van der Waals surface area contributed by atoms with Gasteiger partial charge in [0.05, 0.1) is 0 Å². The molecule has 0 aromatic carbocycles. The summed E-state index contributed by atoms with van der Waals surface area (Å²) >= 11 is 0. The van der Waals surface area contributed by atoms with Crippen LogP contribution in [0.1, 0.15) is 86.5 Å². The Morgan fingerprint density at radius 1 is 1.13 bits per heavy atom. The van der Waals surface area contributed by atoms with Crippen LogP contribution in [0.15, 0.2) is 24.3 Å². The lowest BCUT2D eigenvalue weighted by Gasteiger charge is -2.54. The highest BCUT2D eigenvalue weighted by molar-refractivity contribution is 5.16. The maximum absolute atomic E-state index is 4.42. The first-order chi connectivity index (χ1) is 10.7. The summed E-state index contributed by atoms with van der Waals surface area (Å²) in [5.41, 5.74) is 3.68. The maximum Gasteiger partial charge on any atom is -0.00909 e. The Kier molecular flexibility index (Phi) is 5.54. The molecule has 0 nitrogen and oxygen atoms in total. The molecule has 0 aromatic rings. The Balaban J connectivity index is 2.34. The van der Waals surface area contributed by atoms with E-state index in [1.807, 2.05) is 0 Å². The summed E-state index contributed by atoms with van der Waals surface area (Å²) in [7, 11) is 0. The molecule has 2 fully saturated rings. The molecule has 0 N–H and O–H groups in total. The minimum Gasteiger partial charge on any atom is -0.0998 e. The fraction of sp³-hybridized carbons (Fsp3) is 0.826. The Bertz CT molecular complexity index is 459. The molecule has 2 aliphatic carbocycles. The third-order valence-corrected chi connectivity index (χ3v) is 8.07. The zero-order chi connectivity index (χ0) is 17.4. The molecule has 0 radical (unpaired) electrons. The molecule has 6 unspecified atom stereocenters. The van der Waals surface area contributed by atoms with Gasteiger partial charge in [0, 0.05) is 0 Å². The van der Waals surface area contributed by atoms with Gasteiger partial charge in [0.2, 0.25) is 0 Å². The molecule has 23 heavy (non-hydrogen) atoms. The summed E-state index contributed by atoms with van der Waals surface area (Å²) in [5.74, 6) is 3.34. The third kappa shape index (κ3) is 2.96. The smallest absolute Gasteiger partial charge is 0.00909 e. The summed E-state index contributed by atoms with van der Waals surface area (Å²) in [5, 5.41) is 0. The van der Waals surface area contributed by atoms with E-state index in [1.165, 1.54) is 56.1 Å². The fourth-order valence-electron chi connectivity index (χ4n) is 6.69. The predicted molar refractivity (Wildman–Crippen MR) is 103 cm³/mol. The SMILES string of the molecule is C=C(C)C1CCC2C(CC)C(C(C)(CCC)C(=C)C)CCC12C. The van der Waals surface area contributed by atoms with Crippen LogP contribution < -0.4 is 0 Å². The van der Waals surface area contributed by atoms with Gasteiger partial charge in [0.1, 0.15) is 0 Å². The van der Waals surface area contributed by atoms with Gasteiger partial charge in [-0.2, -0.15) is 0 Å². The molecule has 0 spiro atoms. The summed E-state index contributed by atoms with van der Waals surface area (Å²) in [6, 6.07) is 0. The summed E-state index contributed by atoms with van der Waals surface area (Å²) in [6.07, 6.45) is 9.48. The zero-order valence-electron chi connectivity index (χ0n) is 16.7. The number of hydrogen-bond acceptors (Lipinski definition) is 0. The highest BCUT2D eigenvalue weighted by Crippen LogP contribution is 2.64. The Morgan fingerprint density at radius 2 is 1.78 bits per heavy atom. The first-order valence-electron chi connectivity index (χ1n) is 10.0. The molecule has 0 heteroatoms. The van der Waals surface area contributed by atoms with Crippen molar-refractivity contribution in [1.82, 2.24) is 0 Å². The summed E-state index contributed by atoms with van der Waals surface area (Å²) in [6.45, 7) is 23.2. The molecule has 6 atom stereocenters. The molecule has 0 amide bonds. The van der Waals surface area contributed by atoms with Crippen molar-refractivity contribution in [3.8, 4) is 0 Å². The Hall–Kier alpha value is -0.520. The van der Waals surface area contributed by atoms with Gasteiger partial charge in [-0.1, -0.05) is 64.8 Å². The van der Waals surface area contributed by atoms with Crippen molar-refractivity contribution in [3.63, 3.8) is 0 Å². The van der Waals surface area contributed by atoms with Crippen LogP contribution in [-0.4, -0.2) is 0 Å². The number of allylic oxidation sites excluding steroid dienone is 2. The van der Waals surface area contributed by atoms with Gasteiger partial charge in [-0.05, 0) is 80.5 Å². The van der Waals surface area contributed by atoms with Crippen LogP contribution in [0, 0.1) is 34.5 Å². The number of hydrogen-bond donors (Lipinski definition) is 0. The normalized spacial score (nSPS) is 39.6. The highest BCUT2D eigenvalue weighted by atomic mass is 14.6. The van der Waals surface area contributed by atoms with Gasteiger partial charge >= 0.3 is 0 Å². The predicted octanol–water partition coefficient (Wildman–Crippen LogP) is 7.41. The van der Waals surface area contributed by atoms with Crippen LogP contribution in [0.3, 0.4) is 0 Å². The molecule has 0 aromatic heterocycles. The minimum atomic E-state index is 0.331. The number of fused-ring (bicyclic) bond motifs is 1. The quantitative estimate of drug-likeness (QED) is 0.447. The highest BCUT2D eigenvalue weighted by Gasteiger charge is 2.56. The van der Waals surface area contributed by atoms with E-state index in [9.17, 15) is 0 Å². The fourth-order valence-corrected chi connectivity index (χ4v) is 6.69. The van der Waals surface area contributed by atoms with Crippen molar-refractivity contribution in [2.75, 3.05) is 0 Å². The zero-order valence-corrected chi connectivity index (χ0v) is 16.7. The monoisotopic (exact) mass is 316 g/mol. The molecule has 0 heterocycles. The van der Waals surface area contributed by atoms with Crippen LogP contribution in [-0.2, 0) is 0 Å². The number of rotatable bonds is 6. The Labute approximate surface area is 145 Å². The van der Waals surface area contributed by atoms with Crippen LogP contribution in [0.4, 0.5) is 0 Å². The second kappa shape index (κ2) is 6.77. The molecule has 132 valence electrons. The molecule has 2 rings (SSSR count). The lowest BCUT2D eigenvalue weighted by Crippen LogP contribution is -2.46. The summed E-state index contributed by atoms with van der Waals surface area (Å²) < 4.78 is 0. The van der Waals surface area contributed by atoms with Gasteiger partial charge in [-0.25, -0.2) is 0 Å². The minimum absolute atomic E-state index is 0.331. The third-order valence-electron chi connectivity index (χ3n) is 8.07. The van der Waals surface area contributed by atoms with Gasteiger partial charge in [-0.15, -0.1) is 0 Å². The molecular weight excluding hydrogens is 276 g/mol. The van der Waals surface area contributed by atoms with E-state index in [0.717, 1.165) is 23.7 Å². The van der Waals surface area contributed by atoms with Crippen molar-refractivity contribution in [2.24, 2.45) is 34.5 Å². The van der Waals surface area contributed by atoms with E-state index in [-0.39, 0.29) is 0 Å². The van der Waals surface area contributed by atoms with Crippen molar-refractivity contribution in [1.29, 1.82) is 0 Å².